The maximum absolute atomic E-state index is 5.64. The van der Waals surface area contributed by atoms with Crippen molar-refractivity contribution in [3.63, 3.8) is 0 Å². The zero-order valence-corrected chi connectivity index (χ0v) is 10.6. The Morgan fingerprint density at radius 3 is 2.25 bits per heavy atom. The van der Waals surface area contributed by atoms with Gasteiger partial charge in [0, 0.05) is 19.6 Å². The Balaban J connectivity index is 2.05. The highest BCUT2D eigenvalue weighted by molar-refractivity contribution is 5.37. The summed E-state index contributed by atoms with van der Waals surface area (Å²) < 4.78 is 0. The van der Waals surface area contributed by atoms with Gasteiger partial charge in [0.15, 0.2) is 0 Å². The van der Waals surface area contributed by atoms with Crippen LogP contribution in [-0.2, 0) is 6.54 Å². The summed E-state index contributed by atoms with van der Waals surface area (Å²) in [5.74, 6) is 0.728. The summed E-state index contributed by atoms with van der Waals surface area (Å²) in [6.45, 7) is 10.9. The molecule has 1 aliphatic heterocycles. The van der Waals surface area contributed by atoms with Gasteiger partial charge >= 0.3 is 0 Å². The molecule has 88 valence electrons. The highest BCUT2D eigenvalue weighted by Crippen LogP contribution is 2.22. The van der Waals surface area contributed by atoms with Crippen molar-refractivity contribution in [1.82, 2.24) is 4.90 Å². The van der Waals surface area contributed by atoms with Gasteiger partial charge in [-0.3, -0.25) is 4.90 Å². The molecule has 0 aliphatic carbocycles. The summed E-state index contributed by atoms with van der Waals surface area (Å²) in [7, 11) is 0. The van der Waals surface area contributed by atoms with E-state index in [1.54, 1.807) is 0 Å². The molecule has 1 aromatic rings. The lowest BCUT2D eigenvalue weighted by Gasteiger charge is -2.39. The van der Waals surface area contributed by atoms with E-state index in [0.29, 0.717) is 0 Å². The molecule has 1 fully saturated rings. The van der Waals surface area contributed by atoms with Crippen LogP contribution in [-0.4, -0.2) is 24.5 Å². The number of rotatable bonds is 3. The van der Waals surface area contributed by atoms with Gasteiger partial charge < -0.3 is 5.73 Å². The van der Waals surface area contributed by atoms with E-state index < -0.39 is 0 Å². The first-order chi connectivity index (χ1) is 7.60. The fraction of sp³-hybridized carbons (Fsp3) is 0.571. The van der Waals surface area contributed by atoms with Gasteiger partial charge in [-0.1, -0.05) is 17.7 Å². The summed E-state index contributed by atoms with van der Waals surface area (Å²) in [4.78, 5) is 2.49. The summed E-state index contributed by atoms with van der Waals surface area (Å²) in [6.07, 6.45) is 0. The molecule has 0 spiro atoms. The molecule has 2 N–H and O–H groups in total. The third kappa shape index (κ3) is 2.28. The maximum Gasteiger partial charge on any atom is 0.0239 e. The Kier molecular flexibility index (Phi) is 3.31. The van der Waals surface area contributed by atoms with Crippen molar-refractivity contribution in [2.24, 2.45) is 11.7 Å². The summed E-state index contributed by atoms with van der Waals surface area (Å²) in [5, 5.41) is 0. The van der Waals surface area contributed by atoms with E-state index >= 15 is 0 Å². The molecule has 0 atom stereocenters. The first-order valence-corrected chi connectivity index (χ1v) is 6.09. The second-order valence-corrected chi connectivity index (χ2v) is 5.17. The second-order valence-electron chi connectivity index (χ2n) is 5.17. The van der Waals surface area contributed by atoms with Crippen LogP contribution in [0.15, 0.2) is 12.1 Å². The number of hydrogen-bond acceptors (Lipinski definition) is 2. The summed E-state index contributed by atoms with van der Waals surface area (Å²) in [6, 6.07) is 4.56. The lowest BCUT2D eigenvalue weighted by molar-refractivity contribution is 0.0975. The molecule has 1 saturated heterocycles. The van der Waals surface area contributed by atoms with Gasteiger partial charge in [-0.15, -0.1) is 0 Å². The number of likely N-dealkylation sites (tertiary alicyclic amines) is 1. The smallest absolute Gasteiger partial charge is 0.0239 e. The van der Waals surface area contributed by atoms with Gasteiger partial charge in [-0.05, 0) is 49.9 Å². The van der Waals surface area contributed by atoms with Crippen LogP contribution >= 0.6 is 0 Å². The Morgan fingerprint density at radius 1 is 1.19 bits per heavy atom. The fourth-order valence-corrected chi connectivity index (χ4v) is 2.64. The van der Waals surface area contributed by atoms with Crippen molar-refractivity contribution in [2.75, 3.05) is 19.6 Å². The molecule has 0 saturated carbocycles. The van der Waals surface area contributed by atoms with E-state index in [0.717, 1.165) is 19.0 Å². The average molecular weight is 218 g/mol. The third-order valence-electron chi connectivity index (χ3n) is 3.59. The molecule has 2 heteroatoms. The Hall–Kier alpha value is -0.860. The van der Waals surface area contributed by atoms with Crippen molar-refractivity contribution in [3.8, 4) is 0 Å². The number of hydrogen-bond donors (Lipinski definition) is 1. The van der Waals surface area contributed by atoms with Crippen molar-refractivity contribution < 1.29 is 0 Å². The van der Waals surface area contributed by atoms with E-state index in [2.05, 4.69) is 37.8 Å². The largest absolute Gasteiger partial charge is 0.330 e. The van der Waals surface area contributed by atoms with E-state index in [1.165, 1.54) is 35.3 Å². The van der Waals surface area contributed by atoms with Crippen molar-refractivity contribution in [1.29, 1.82) is 0 Å². The number of benzene rings is 1. The predicted molar refractivity (Wildman–Crippen MR) is 68.5 cm³/mol. The van der Waals surface area contributed by atoms with E-state index in [-0.39, 0.29) is 0 Å². The molecule has 0 radical (unpaired) electrons. The first-order valence-electron chi connectivity index (χ1n) is 6.09. The molecular formula is C14H22N2. The van der Waals surface area contributed by atoms with E-state index in [1.807, 2.05) is 0 Å². The quantitative estimate of drug-likeness (QED) is 0.841. The van der Waals surface area contributed by atoms with Crippen molar-refractivity contribution in [2.45, 2.75) is 27.3 Å². The SMILES string of the molecule is Cc1cc(C)c(CN2CC(CN)C2)c(C)c1. The van der Waals surface area contributed by atoms with Crippen LogP contribution in [0.3, 0.4) is 0 Å². The molecule has 1 aromatic carbocycles. The molecule has 1 aliphatic rings. The topological polar surface area (TPSA) is 29.3 Å². The number of aryl methyl sites for hydroxylation is 3. The summed E-state index contributed by atoms with van der Waals surface area (Å²) >= 11 is 0. The van der Waals surface area contributed by atoms with Gasteiger partial charge in [0.2, 0.25) is 0 Å². The van der Waals surface area contributed by atoms with E-state index in [4.69, 9.17) is 5.73 Å². The Morgan fingerprint density at radius 2 is 1.75 bits per heavy atom. The van der Waals surface area contributed by atoms with Gasteiger partial charge in [0.1, 0.15) is 0 Å². The molecule has 0 bridgehead atoms. The molecule has 2 rings (SSSR count). The van der Waals surface area contributed by atoms with Crippen LogP contribution < -0.4 is 5.73 Å². The van der Waals surface area contributed by atoms with Gasteiger partial charge in [-0.2, -0.15) is 0 Å². The van der Waals surface area contributed by atoms with Gasteiger partial charge in [-0.25, -0.2) is 0 Å². The maximum atomic E-state index is 5.64. The van der Waals surface area contributed by atoms with Crippen LogP contribution in [0.1, 0.15) is 22.3 Å². The average Bonchev–Trinajstić information content (AvgIpc) is 2.13. The van der Waals surface area contributed by atoms with Crippen LogP contribution in [0.4, 0.5) is 0 Å². The van der Waals surface area contributed by atoms with Gasteiger partial charge in [0.25, 0.3) is 0 Å². The Labute approximate surface area is 98.4 Å². The zero-order valence-electron chi connectivity index (χ0n) is 10.6. The number of nitrogens with two attached hydrogens (primary N) is 1. The van der Waals surface area contributed by atoms with Crippen molar-refractivity contribution >= 4 is 0 Å². The van der Waals surface area contributed by atoms with Crippen LogP contribution in [0.25, 0.3) is 0 Å². The van der Waals surface area contributed by atoms with Crippen molar-refractivity contribution in [3.05, 3.63) is 34.4 Å². The number of nitrogens with zero attached hydrogens (tertiary/aromatic N) is 1. The molecule has 0 aromatic heterocycles. The molecule has 0 unspecified atom stereocenters. The highest BCUT2D eigenvalue weighted by atomic mass is 15.2. The first kappa shape index (κ1) is 11.6. The van der Waals surface area contributed by atoms with Crippen LogP contribution in [0.5, 0.6) is 0 Å². The molecule has 2 nitrogen and oxygen atoms in total. The predicted octanol–water partition coefficient (Wildman–Crippen LogP) is 2.00. The normalized spacial score (nSPS) is 17.5. The van der Waals surface area contributed by atoms with Crippen LogP contribution in [0, 0.1) is 26.7 Å². The molecular weight excluding hydrogens is 196 g/mol. The minimum Gasteiger partial charge on any atom is -0.330 e. The minimum absolute atomic E-state index is 0.728. The zero-order chi connectivity index (χ0) is 11.7. The Bertz CT molecular complexity index is 355. The van der Waals surface area contributed by atoms with Gasteiger partial charge in [0.05, 0.1) is 0 Å². The summed E-state index contributed by atoms with van der Waals surface area (Å²) in [5.41, 5.74) is 11.4. The molecule has 0 amide bonds. The third-order valence-corrected chi connectivity index (χ3v) is 3.59. The van der Waals surface area contributed by atoms with Crippen LogP contribution in [0.2, 0.25) is 0 Å². The van der Waals surface area contributed by atoms with E-state index in [9.17, 15) is 0 Å². The monoisotopic (exact) mass is 218 g/mol. The highest BCUT2D eigenvalue weighted by Gasteiger charge is 2.25. The fourth-order valence-electron chi connectivity index (χ4n) is 2.64. The lowest BCUT2D eigenvalue weighted by Crippen LogP contribution is -2.49. The lowest BCUT2D eigenvalue weighted by atomic mass is 9.95. The molecule has 16 heavy (non-hydrogen) atoms. The minimum atomic E-state index is 0.728. The second kappa shape index (κ2) is 4.56. The molecule has 1 heterocycles. The standard InChI is InChI=1S/C14H22N2/c1-10-4-11(2)14(12(3)5-10)9-16-7-13(6-15)8-16/h4-5,13H,6-9,15H2,1-3H3.